The first-order chi connectivity index (χ1) is 12.5. The first-order valence-electron chi connectivity index (χ1n) is 7.76. The Bertz CT molecular complexity index is 872. The second-order valence-electron chi connectivity index (χ2n) is 5.56. The second kappa shape index (κ2) is 7.80. The molecule has 2 aromatic rings. The van der Waals surface area contributed by atoms with Crippen molar-refractivity contribution in [2.75, 3.05) is 13.2 Å². The average Bonchev–Trinajstić information content (AvgIpc) is 2.85. The Morgan fingerprint density at radius 2 is 1.92 bits per heavy atom. The molecule has 0 aliphatic carbocycles. The van der Waals surface area contributed by atoms with E-state index in [1.54, 1.807) is 12.1 Å². The fraction of sp³-hybridized carbons (Fsp3) is 0.235. The van der Waals surface area contributed by atoms with E-state index in [1.807, 2.05) is 0 Å². The van der Waals surface area contributed by atoms with E-state index in [9.17, 15) is 14.9 Å². The summed E-state index contributed by atoms with van der Waals surface area (Å²) in [7, 11) is 0. The molecule has 1 aliphatic heterocycles. The summed E-state index contributed by atoms with van der Waals surface area (Å²) in [6, 6.07) is 7.12. The van der Waals surface area contributed by atoms with Gasteiger partial charge in [0.2, 0.25) is 0 Å². The minimum Gasteiger partial charge on any atom is -0.489 e. The van der Waals surface area contributed by atoms with Crippen molar-refractivity contribution in [3.63, 3.8) is 0 Å². The molecule has 0 fully saturated rings. The van der Waals surface area contributed by atoms with Crippen LogP contribution in [-0.2, 0) is 6.54 Å². The fourth-order valence-electron chi connectivity index (χ4n) is 2.47. The van der Waals surface area contributed by atoms with E-state index in [2.05, 4.69) is 5.32 Å². The monoisotopic (exact) mass is 396 g/mol. The molecular weight excluding hydrogens is 383 g/mol. The number of nitro benzene ring substituents is 1. The van der Waals surface area contributed by atoms with Crippen LogP contribution in [0.1, 0.15) is 22.3 Å². The molecule has 7 nitrogen and oxygen atoms in total. The maximum atomic E-state index is 12.3. The van der Waals surface area contributed by atoms with E-state index in [0.717, 1.165) is 18.1 Å². The number of rotatable bonds is 4. The van der Waals surface area contributed by atoms with Crippen molar-refractivity contribution in [1.82, 2.24) is 5.32 Å². The molecule has 0 saturated heterocycles. The van der Waals surface area contributed by atoms with Gasteiger partial charge < -0.3 is 14.8 Å². The van der Waals surface area contributed by atoms with Crippen LogP contribution in [0.4, 0.5) is 5.69 Å². The van der Waals surface area contributed by atoms with Gasteiger partial charge in [0.05, 0.1) is 33.7 Å². The normalized spacial score (nSPS) is 13.0. The molecule has 26 heavy (non-hydrogen) atoms. The average molecular weight is 397 g/mol. The zero-order valence-electron chi connectivity index (χ0n) is 13.5. The number of nitrogens with one attached hydrogen (secondary N) is 1. The standard InChI is InChI=1S/C17H14Cl2N2O5/c18-13-8-11(21(23)24)2-3-12(13)17(22)20-9-10-6-14(19)16-15(7-10)25-4-1-5-26-16/h2-3,6-8H,1,4-5,9H2,(H,20,22). The third-order valence-corrected chi connectivity index (χ3v) is 4.32. The van der Waals surface area contributed by atoms with Crippen LogP contribution in [0.5, 0.6) is 11.5 Å². The largest absolute Gasteiger partial charge is 0.489 e. The number of fused-ring (bicyclic) bond motifs is 1. The van der Waals surface area contributed by atoms with Gasteiger partial charge in [-0.2, -0.15) is 0 Å². The molecule has 2 aromatic carbocycles. The van der Waals surface area contributed by atoms with Gasteiger partial charge in [-0.3, -0.25) is 14.9 Å². The molecule has 136 valence electrons. The van der Waals surface area contributed by atoms with Crippen LogP contribution in [0.3, 0.4) is 0 Å². The van der Waals surface area contributed by atoms with Crippen molar-refractivity contribution in [3.8, 4) is 11.5 Å². The van der Waals surface area contributed by atoms with E-state index >= 15 is 0 Å². The lowest BCUT2D eigenvalue weighted by atomic mass is 10.1. The van der Waals surface area contributed by atoms with Gasteiger partial charge in [-0.25, -0.2) is 0 Å². The second-order valence-corrected chi connectivity index (χ2v) is 6.37. The Kier molecular flexibility index (Phi) is 5.49. The van der Waals surface area contributed by atoms with Crippen LogP contribution in [0.15, 0.2) is 30.3 Å². The number of benzene rings is 2. The van der Waals surface area contributed by atoms with Gasteiger partial charge >= 0.3 is 0 Å². The van der Waals surface area contributed by atoms with Crippen LogP contribution in [-0.4, -0.2) is 24.0 Å². The van der Waals surface area contributed by atoms with E-state index < -0.39 is 10.8 Å². The zero-order chi connectivity index (χ0) is 18.7. The van der Waals surface area contributed by atoms with Crippen molar-refractivity contribution in [3.05, 3.63) is 61.6 Å². The lowest BCUT2D eigenvalue weighted by Crippen LogP contribution is -2.23. The van der Waals surface area contributed by atoms with E-state index in [0.29, 0.717) is 29.7 Å². The van der Waals surface area contributed by atoms with Gasteiger partial charge in [0.1, 0.15) is 0 Å². The van der Waals surface area contributed by atoms with Crippen LogP contribution in [0.25, 0.3) is 0 Å². The summed E-state index contributed by atoms with van der Waals surface area (Å²) in [5, 5.41) is 13.8. The molecule has 0 unspecified atom stereocenters. The molecule has 0 atom stereocenters. The molecule has 3 rings (SSSR count). The number of hydrogen-bond donors (Lipinski definition) is 1. The number of nitro groups is 1. The molecule has 1 N–H and O–H groups in total. The number of non-ortho nitro benzene ring substituents is 1. The van der Waals surface area contributed by atoms with E-state index in [4.69, 9.17) is 32.7 Å². The molecule has 9 heteroatoms. The first kappa shape index (κ1) is 18.3. The number of halogens is 2. The predicted molar refractivity (Wildman–Crippen MR) is 96.3 cm³/mol. The fourth-order valence-corrected chi connectivity index (χ4v) is 3.01. The molecule has 1 aliphatic rings. The van der Waals surface area contributed by atoms with Gasteiger partial charge in [-0.05, 0) is 23.8 Å². The Morgan fingerprint density at radius 3 is 2.65 bits per heavy atom. The van der Waals surface area contributed by atoms with Gasteiger partial charge in [-0.1, -0.05) is 23.2 Å². The van der Waals surface area contributed by atoms with E-state index in [1.165, 1.54) is 12.1 Å². The highest BCUT2D eigenvalue weighted by Crippen LogP contribution is 2.38. The van der Waals surface area contributed by atoms with Gasteiger partial charge in [0.15, 0.2) is 11.5 Å². The van der Waals surface area contributed by atoms with Crippen molar-refractivity contribution in [2.24, 2.45) is 0 Å². The molecule has 0 aromatic heterocycles. The predicted octanol–water partition coefficient (Wildman–Crippen LogP) is 3.99. The lowest BCUT2D eigenvalue weighted by molar-refractivity contribution is -0.384. The van der Waals surface area contributed by atoms with Crippen molar-refractivity contribution in [1.29, 1.82) is 0 Å². The minimum atomic E-state index is -0.576. The Hall–Kier alpha value is -2.51. The highest BCUT2D eigenvalue weighted by molar-refractivity contribution is 6.34. The third-order valence-electron chi connectivity index (χ3n) is 3.72. The topological polar surface area (TPSA) is 90.7 Å². The number of amides is 1. The molecule has 0 bridgehead atoms. The summed E-state index contributed by atoms with van der Waals surface area (Å²) in [4.78, 5) is 22.4. The summed E-state index contributed by atoms with van der Waals surface area (Å²) in [6.45, 7) is 1.24. The Labute approximate surface area is 159 Å². The summed E-state index contributed by atoms with van der Waals surface area (Å²) in [5.41, 5.74) is 0.699. The Balaban J connectivity index is 1.73. The zero-order valence-corrected chi connectivity index (χ0v) is 15.0. The number of ether oxygens (including phenoxy) is 2. The van der Waals surface area contributed by atoms with Crippen molar-refractivity contribution in [2.45, 2.75) is 13.0 Å². The van der Waals surface area contributed by atoms with Crippen LogP contribution in [0.2, 0.25) is 10.0 Å². The maximum absolute atomic E-state index is 12.3. The number of hydrogen-bond acceptors (Lipinski definition) is 5. The molecule has 1 amide bonds. The summed E-state index contributed by atoms with van der Waals surface area (Å²) in [5.74, 6) is 0.582. The molecule has 0 spiro atoms. The van der Waals surface area contributed by atoms with Crippen LogP contribution in [0, 0.1) is 10.1 Å². The number of carbonyl (C=O) groups excluding carboxylic acids is 1. The van der Waals surface area contributed by atoms with Crippen molar-refractivity contribution >= 4 is 34.8 Å². The summed E-state index contributed by atoms with van der Waals surface area (Å²) in [6.07, 6.45) is 0.760. The number of carbonyl (C=O) groups is 1. The molecule has 1 heterocycles. The maximum Gasteiger partial charge on any atom is 0.270 e. The quantitative estimate of drug-likeness (QED) is 0.622. The summed E-state index contributed by atoms with van der Waals surface area (Å²) < 4.78 is 11.2. The summed E-state index contributed by atoms with van der Waals surface area (Å²) >= 11 is 12.2. The highest BCUT2D eigenvalue weighted by Gasteiger charge is 2.17. The van der Waals surface area contributed by atoms with Gasteiger partial charge in [0.25, 0.3) is 11.6 Å². The molecular formula is C17H14Cl2N2O5. The third kappa shape index (κ3) is 4.00. The van der Waals surface area contributed by atoms with E-state index in [-0.39, 0.29) is 22.8 Å². The van der Waals surface area contributed by atoms with Crippen LogP contribution < -0.4 is 14.8 Å². The van der Waals surface area contributed by atoms with Gasteiger partial charge in [-0.15, -0.1) is 0 Å². The van der Waals surface area contributed by atoms with Gasteiger partial charge in [0, 0.05) is 25.1 Å². The van der Waals surface area contributed by atoms with Crippen molar-refractivity contribution < 1.29 is 19.2 Å². The molecule has 0 saturated carbocycles. The first-order valence-corrected chi connectivity index (χ1v) is 8.51. The smallest absolute Gasteiger partial charge is 0.270 e. The highest BCUT2D eigenvalue weighted by atomic mass is 35.5. The SMILES string of the molecule is O=C(NCc1cc(Cl)c2c(c1)OCCCO2)c1ccc([N+](=O)[O-])cc1Cl. The van der Waals surface area contributed by atoms with Crippen LogP contribution >= 0.6 is 23.2 Å². The number of nitrogens with zero attached hydrogens (tertiary/aromatic N) is 1. The minimum absolute atomic E-state index is 0.00777. The Morgan fingerprint density at radius 1 is 1.15 bits per heavy atom. The lowest BCUT2D eigenvalue weighted by Gasteiger charge is -2.12. The molecule has 0 radical (unpaired) electrons.